The molecule has 0 saturated heterocycles. The molecule has 1 aromatic rings. The number of carbonyl (C=O) groups is 1. The summed E-state index contributed by atoms with van der Waals surface area (Å²) in [7, 11) is 1.60. The van der Waals surface area contributed by atoms with Gasteiger partial charge >= 0.3 is 5.97 Å². The van der Waals surface area contributed by atoms with Crippen molar-refractivity contribution in [2.75, 3.05) is 7.05 Å². The van der Waals surface area contributed by atoms with Crippen molar-refractivity contribution >= 4 is 5.97 Å². The van der Waals surface area contributed by atoms with Gasteiger partial charge in [0.1, 0.15) is 6.04 Å². The van der Waals surface area contributed by atoms with Gasteiger partial charge in [-0.15, -0.1) is 0 Å². The second kappa shape index (κ2) is 6.52. The Balaban J connectivity index is 2.87. The van der Waals surface area contributed by atoms with E-state index in [9.17, 15) is 4.79 Å². The Bertz CT molecular complexity index is 389. The molecule has 4 nitrogen and oxygen atoms in total. The molecule has 0 spiro atoms. The second-order valence-corrected chi connectivity index (χ2v) is 4.61. The Hall–Kier alpha value is -1.39. The van der Waals surface area contributed by atoms with E-state index in [4.69, 9.17) is 10.8 Å². The molecular formula is C14H22N2O2. The summed E-state index contributed by atoms with van der Waals surface area (Å²) < 4.78 is 0. The Morgan fingerprint density at radius 1 is 1.33 bits per heavy atom. The molecular weight excluding hydrogens is 228 g/mol. The van der Waals surface area contributed by atoms with Crippen LogP contribution in [0.25, 0.3) is 0 Å². The molecule has 3 atom stereocenters. The van der Waals surface area contributed by atoms with Gasteiger partial charge in [0, 0.05) is 0 Å². The summed E-state index contributed by atoms with van der Waals surface area (Å²) in [5.74, 6) is -0.425. The van der Waals surface area contributed by atoms with Crippen molar-refractivity contribution in [3.63, 3.8) is 0 Å². The van der Waals surface area contributed by atoms with Gasteiger partial charge in [0.05, 0.1) is 6.04 Å². The summed E-state index contributed by atoms with van der Waals surface area (Å²) in [5.41, 5.74) is 8.06. The minimum atomic E-state index is -0.934. The average molecular weight is 250 g/mol. The van der Waals surface area contributed by atoms with Gasteiger partial charge < -0.3 is 16.2 Å². The highest BCUT2D eigenvalue weighted by Crippen LogP contribution is 2.21. The first-order valence-electron chi connectivity index (χ1n) is 6.26. The molecule has 0 amide bonds. The third-order valence-electron chi connectivity index (χ3n) is 3.44. The maximum atomic E-state index is 11.0. The molecule has 3 unspecified atom stereocenters. The fourth-order valence-electron chi connectivity index (χ4n) is 1.93. The maximum absolute atomic E-state index is 11.0. The molecule has 0 fully saturated rings. The summed E-state index contributed by atoms with van der Waals surface area (Å²) >= 11 is 0. The highest BCUT2D eigenvalue weighted by molar-refractivity contribution is 5.74. The third kappa shape index (κ3) is 3.31. The molecule has 18 heavy (non-hydrogen) atoms. The number of nitrogens with one attached hydrogen (secondary N) is 1. The molecule has 0 aliphatic carbocycles. The first-order chi connectivity index (χ1) is 8.51. The zero-order chi connectivity index (χ0) is 13.7. The Kier molecular flexibility index (Phi) is 5.31. The van der Waals surface area contributed by atoms with E-state index in [-0.39, 0.29) is 0 Å². The van der Waals surface area contributed by atoms with Gasteiger partial charge in [-0.1, -0.05) is 38.1 Å². The fourth-order valence-corrected chi connectivity index (χ4v) is 1.93. The summed E-state index contributed by atoms with van der Waals surface area (Å²) in [6, 6.07) is 6.58. The van der Waals surface area contributed by atoms with E-state index in [1.807, 2.05) is 24.3 Å². The van der Waals surface area contributed by atoms with E-state index in [2.05, 4.69) is 19.2 Å². The topological polar surface area (TPSA) is 75.3 Å². The van der Waals surface area contributed by atoms with Crippen LogP contribution in [0.3, 0.4) is 0 Å². The lowest BCUT2D eigenvalue weighted by atomic mass is 9.94. The van der Waals surface area contributed by atoms with E-state index in [0.717, 1.165) is 12.0 Å². The molecule has 0 aliphatic rings. The molecule has 1 rings (SSSR count). The zero-order valence-corrected chi connectivity index (χ0v) is 11.2. The van der Waals surface area contributed by atoms with Gasteiger partial charge in [-0.2, -0.15) is 0 Å². The molecule has 0 aliphatic heterocycles. The number of rotatable bonds is 6. The van der Waals surface area contributed by atoms with Crippen LogP contribution in [0.2, 0.25) is 0 Å². The SMILES string of the molecule is CCC(C)c1ccc(C(N)C(NC)C(=O)O)cc1. The van der Waals surface area contributed by atoms with Gasteiger partial charge in [0.25, 0.3) is 0 Å². The highest BCUT2D eigenvalue weighted by Gasteiger charge is 2.24. The molecule has 0 aromatic heterocycles. The lowest BCUT2D eigenvalue weighted by Crippen LogP contribution is -2.43. The van der Waals surface area contributed by atoms with Crippen LogP contribution in [-0.4, -0.2) is 24.2 Å². The van der Waals surface area contributed by atoms with Gasteiger partial charge in [-0.05, 0) is 30.5 Å². The van der Waals surface area contributed by atoms with Gasteiger partial charge in [0.15, 0.2) is 0 Å². The summed E-state index contributed by atoms with van der Waals surface area (Å²) in [5, 5.41) is 11.8. The smallest absolute Gasteiger partial charge is 0.322 e. The van der Waals surface area contributed by atoms with E-state index < -0.39 is 18.1 Å². The number of hydrogen-bond donors (Lipinski definition) is 3. The van der Waals surface area contributed by atoms with Gasteiger partial charge in [-0.25, -0.2) is 0 Å². The normalized spacial score (nSPS) is 16.0. The van der Waals surface area contributed by atoms with E-state index >= 15 is 0 Å². The number of benzene rings is 1. The largest absolute Gasteiger partial charge is 0.480 e. The van der Waals surface area contributed by atoms with Crippen molar-refractivity contribution in [1.82, 2.24) is 5.32 Å². The molecule has 1 aromatic carbocycles. The number of nitrogens with two attached hydrogens (primary N) is 1. The molecule has 0 saturated carbocycles. The van der Waals surface area contributed by atoms with Crippen molar-refractivity contribution in [2.24, 2.45) is 5.73 Å². The van der Waals surface area contributed by atoms with Crippen molar-refractivity contribution in [2.45, 2.75) is 38.3 Å². The van der Waals surface area contributed by atoms with Crippen molar-refractivity contribution in [3.8, 4) is 0 Å². The first kappa shape index (κ1) is 14.7. The summed E-state index contributed by atoms with van der Waals surface area (Å²) in [6.07, 6.45) is 1.08. The summed E-state index contributed by atoms with van der Waals surface area (Å²) in [4.78, 5) is 11.0. The van der Waals surface area contributed by atoms with Crippen LogP contribution >= 0.6 is 0 Å². The van der Waals surface area contributed by atoms with Gasteiger partial charge in [0.2, 0.25) is 0 Å². The van der Waals surface area contributed by atoms with Crippen LogP contribution in [0, 0.1) is 0 Å². The maximum Gasteiger partial charge on any atom is 0.322 e. The number of carboxylic acids is 1. The zero-order valence-electron chi connectivity index (χ0n) is 11.2. The molecule has 0 heterocycles. The van der Waals surface area contributed by atoms with Crippen molar-refractivity contribution in [1.29, 1.82) is 0 Å². The van der Waals surface area contributed by atoms with Crippen LogP contribution in [-0.2, 0) is 4.79 Å². The molecule has 4 N–H and O–H groups in total. The van der Waals surface area contributed by atoms with Crippen molar-refractivity contribution < 1.29 is 9.90 Å². The number of aliphatic carboxylic acids is 1. The minimum Gasteiger partial charge on any atom is -0.480 e. The number of likely N-dealkylation sites (N-methyl/N-ethyl adjacent to an activating group) is 1. The molecule has 100 valence electrons. The fraction of sp³-hybridized carbons (Fsp3) is 0.500. The first-order valence-corrected chi connectivity index (χ1v) is 6.26. The monoisotopic (exact) mass is 250 g/mol. The van der Waals surface area contributed by atoms with E-state index in [1.165, 1.54) is 5.56 Å². The van der Waals surface area contributed by atoms with Crippen LogP contribution < -0.4 is 11.1 Å². The lowest BCUT2D eigenvalue weighted by molar-refractivity contribution is -0.139. The average Bonchev–Trinajstić information content (AvgIpc) is 2.38. The third-order valence-corrected chi connectivity index (χ3v) is 3.44. The van der Waals surface area contributed by atoms with Crippen LogP contribution in [0.5, 0.6) is 0 Å². The second-order valence-electron chi connectivity index (χ2n) is 4.61. The Morgan fingerprint density at radius 3 is 2.22 bits per heavy atom. The van der Waals surface area contributed by atoms with Gasteiger partial charge in [-0.3, -0.25) is 4.79 Å². The molecule has 0 radical (unpaired) electrons. The predicted octanol–water partition coefficient (Wildman–Crippen LogP) is 1.87. The quantitative estimate of drug-likeness (QED) is 0.720. The Labute approximate surface area is 108 Å². The highest BCUT2D eigenvalue weighted by atomic mass is 16.4. The van der Waals surface area contributed by atoms with Crippen LogP contribution in [0.4, 0.5) is 0 Å². The standard InChI is InChI=1S/C14H22N2O2/c1-4-9(2)10-5-7-11(8-6-10)12(15)13(16-3)14(17)18/h5-9,12-13,16H,4,15H2,1-3H3,(H,17,18). The number of hydrogen-bond acceptors (Lipinski definition) is 3. The minimum absolute atomic E-state index is 0.509. The Morgan fingerprint density at radius 2 is 1.83 bits per heavy atom. The number of carboxylic acid groups (broad SMARTS) is 1. The van der Waals surface area contributed by atoms with Crippen LogP contribution in [0.1, 0.15) is 43.4 Å². The molecule has 4 heteroatoms. The predicted molar refractivity (Wildman–Crippen MR) is 72.6 cm³/mol. The van der Waals surface area contributed by atoms with E-state index in [1.54, 1.807) is 7.05 Å². The van der Waals surface area contributed by atoms with Crippen LogP contribution in [0.15, 0.2) is 24.3 Å². The lowest BCUT2D eigenvalue weighted by Gasteiger charge is -2.20. The molecule has 0 bridgehead atoms. The van der Waals surface area contributed by atoms with Crippen molar-refractivity contribution in [3.05, 3.63) is 35.4 Å². The van der Waals surface area contributed by atoms with E-state index in [0.29, 0.717) is 5.92 Å². The summed E-state index contributed by atoms with van der Waals surface area (Å²) in [6.45, 7) is 4.31.